The van der Waals surface area contributed by atoms with E-state index in [0.29, 0.717) is 0 Å². The first kappa shape index (κ1) is 10.5. The first-order valence-corrected chi connectivity index (χ1v) is 3.39. The second-order valence-electron chi connectivity index (χ2n) is 2.32. The van der Waals surface area contributed by atoms with Gasteiger partial charge in [-0.1, -0.05) is 0 Å². The third kappa shape index (κ3) is 1.32. The number of hydrogen-bond acceptors (Lipinski definition) is 2. The van der Waals surface area contributed by atoms with Gasteiger partial charge in [-0.25, -0.2) is 13.2 Å². The van der Waals surface area contributed by atoms with Gasteiger partial charge in [0.05, 0.1) is 12.7 Å². The molecule has 14 heavy (non-hydrogen) atoms. The standard InChI is InChI=1S/C8H4F4O2/c1-14-8-5(10)3(2-13)4(9)6(11)7(8)12/h2H,1H3. The fourth-order valence-corrected chi connectivity index (χ4v) is 0.912. The number of ether oxygens (including phenoxy) is 1. The molecule has 0 aliphatic carbocycles. The van der Waals surface area contributed by atoms with E-state index in [4.69, 9.17) is 0 Å². The Kier molecular flexibility index (Phi) is 2.73. The van der Waals surface area contributed by atoms with Gasteiger partial charge < -0.3 is 4.74 Å². The maximum absolute atomic E-state index is 13.0. The predicted octanol–water partition coefficient (Wildman–Crippen LogP) is 2.06. The number of methoxy groups -OCH3 is 1. The van der Waals surface area contributed by atoms with Crippen molar-refractivity contribution in [2.45, 2.75) is 0 Å². The van der Waals surface area contributed by atoms with E-state index < -0.39 is 34.6 Å². The van der Waals surface area contributed by atoms with Gasteiger partial charge in [-0.2, -0.15) is 4.39 Å². The average Bonchev–Trinajstić information content (AvgIpc) is 2.16. The summed E-state index contributed by atoms with van der Waals surface area (Å²) in [4.78, 5) is 10.2. The molecule has 0 N–H and O–H groups in total. The van der Waals surface area contributed by atoms with Crippen molar-refractivity contribution in [1.29, 1.82) is 0 Å². The van der Waals surface area contributed by atoms with Gasteiger partial charge in [-0.05, 0) is 0 Å². The molecule has 0 fully saturated rings. The summed E-state index contributed by atoms with van der Waals surface area (Å²) in [7, 11) is 0.868. The Balaban J connectivity index is 3.64. The van der Waals surface area contributed by atoms with E-state index in [1.165, 1.54) is 0 Å². The maximum Gasteiger partial charge on any atom is 0.206 e. The van der Waals surface area contributed by atoms with Crippen molar-refractivity contribution < 1.29 is 27.1 Å². The van der Waals surface area contributed by atoms with E-state index >= 15 is 0 Å². The molecule has 76 valence electrons. The van der Waals surface area contributed by atoms with Crippen LogP contribution in [-0.4, -0.2) is 13.4 Å². The molecule has 0 atom stereocenters. The summed E-state index contributed by atoms with van der Waals surface area (Å²) < 4.78 is 55.2. The van der Waals surface area contributed by atoms with Crippen LogP contribution in [-0.2, 0) is 0 Å². The Morgan fingerprint density at radius 3 is 2.00 bits per heavy atom. The van der Waals surface area contributed by atoms with Crippen LogP contribution in [0.2, 0.25) is 0 Å². The molecular formula is C8H4F4O2. The zero-order valence-corrected chi connectivity index (χ0v) is 6.91. The highest BCUT2D eigenvalue weighted by atomic mass is 19.2. The van der Waals surface area contributed by atoms with Crippen LogP contribution in [0.3, 0.4) is 0 Å². The maximum atomic E-state index is 13.0. The molecule has 1 aromatic carbocycles. The minimum atomic E-state index is -1.94. The van der Waals surface area contributed by atoms with Gasteiger partial charge in [0.2, 0.25) is 5.82 Å². The van der Waals surface area contributed by atoms with E-state index in [1.54, 1.807) is 0 Å². The minimum absolute atomic E-state index is 0.254. The molecule has 1 aromatic rings. The third-order valence-electron chi connectivity index (χ3n) is 1.58. The number of hydrogen-bond donors (Lipinski definition) is 0. The van der Waals surface area contributed by atoms with E-state index in [0.717, 1.165) is 7.11 Å². The molecule has 0 saturated carbocycles. The molecule has 0 heterocycles. The van der Waals surface area contributed by atoms with Crippen molar-refractivity contribution >= 4 is 6.29 Å². The number of benzene rings is 1. The second-order valence-corrected chi connectivity index (χ2v) is 2.32. The van der Waals surface area contributed by atoms with Crippen molar-refractivity contribution in [3.63, 3.8) is 0 Å². The lowest BCUT2D eigenvalue weighted by molar-refractivity contribution is 0.111. The second kappa shape index (κ2) is 3.65. The number of carbonyl (C=O) groups is 1. The van der Waals surface area contributed by atoms with Crippen LogP contribution >= 0.6 is 0 Å². The first-order chi connectivity index (χ1) is 6.54. The van der Waals surface area contributed by atoms with Gasteiger partial charge in [0.1, 0.15) is 0 Å². The van der Waals surface area contributed by atoms with Gasteiger partial charge >= 0.3 is 0 Å². The molecule has 2 nitrogen and oxygen atoms in total. The molecule has 0 spiro atoms. The smallest absolute Gasteiger partial charge is 0.206 e. The highest BCUT2D eigenvalue weighted by molar-refractivity contribution is 5.76. The molecule has 0 aromatic heterocycles. The largest absolute Gasteiger partial charge is 0.491 e. The lowest BCUT2D eigenvalue weighted by Crippen LogP contribution is -2.05. The van der Waals surface area contributed by atoms with Crippen LogP contribution in [0, 0.1) is 23.3 Å². The molecule has 1 rings (SSSR count). The average molecular weight is 208 g/mol. The number of rotatable bonds is 2. The van der Waals surface area contributed by atoms with E-state index in [1.807, 2.05) is 0 Å². The molecule has 0 aliphatic rings. The van der Waals surface area contributed by atoms with Gasteiger partial charge in [0, 0.05) is 0 Å². The van der Waals surface area contributed by atoms with E-state index in [2.05, 4.69) is 4.74 Å². The molecular weight excluding hydrogens is 204 g/mol. The monoisotopic (exact) mass is 208 g/mol. The summed E-state index contributed by atoms with van der Waals surface area (Å²) >= 11 is 0. The summed E-state index contributed by atoms with van der Waals surface area (Å²) in [5.74, 6) is -8.28. The lowest BCUT2D eigenvalue weighted by Gasteiger charge is -2.06. The van der Waals surface area contributed by atoms with Crippen LogP contribution < -0.4 is 4.74 Å². The summed E-state index contributed by atoms with van der Waals surface area (Å²) in [6.07, 6.45) is -0.254. The molecule has 6 heteroatoms. The van der Waals surface area contributed by atoms with E-state index in [9.17, 15) is 22.4 Å². The highest BCUT2D eigenvalue weighted by Gasteiger charge is 2.25. The fraction of sp³-hybridized carbons (Fsp3) is 0.125. The first-order valence-electron chi connectivity index (χ1n) is 3.39. The van der Waals surface area contributed by atoms with Crippen LogP contribution in [0.15, 0.2) is 0 Å². The Hall–Kier alpha value is -1.59. The van der Waals surface area contributed by atoms with Gasteiger partial charge in [-0.3, -0.25) is 4.79 Å². The Morgan fingerprint density at radius 2 is 1.57 bits per heavy atom. The SMILES string of the molecule is COc1c(F)c(F)c(F)c(C=O)c1F. The Morgan fingerprint density at radius 1 is 1.00 bits per heavy atom. The molecule has 0 radical (unpaired) electrons. The Bertz CT molecular complexity index is 390. The summed E-state index contributed by atoms with van der Waals surface area (Å²) in [6, 6.07) is 0. The van der Waals surface area contributed by atoms with Crippen molar-refractivity contribution in [2.75, 3.05) is 7.11 Å². The summed E-state index contributed by atoms with van der Waals surface area (Å²) in [5, 5.41) is 0. The van der Waals surface area contributed by atoms with Gasteiger partial charge in [0.15, 0.2) is 29.5 Å². The number of halogens is 4. The van der Waals surface area contributed by atoms with Crippen LogP contribution in [0.1, 0.15) is 10.4 Å². The Labute approximate surface area is 76.1 Å². The molecule has 0 unspecified atom stereocenters. The van der Waals surface area contributed by atoms with Crippen LogP contribution in [0.5, 0.6) is 5.75 Å². The predicted molar refractivity (Wildman–Crippen MR) is 38.2 cm³/mol. The summed E-state index contributed by atoms with van der Waals surface area (Å²) in [6.45, 7) is 0. The quantitative estimate of drug-likeness (QED) is 0.322. The molecule has 0 bridgehead atoms. The molecule has 0 aliphatic heterocycles. The van der Waals surface area contributed by atoms with E-state index in [-0.39, 0.29) is 6.29 Å². The third-order valence-corrected chi connectivity index (χ3v) is 1.58. The van der Waals surface area contributed by atoms with Crippen LogP contribution in [0.25, 0.3) is 0 Å². The normalized spacial score (nSPS) is 10.1. The van der Waals surface area contributed by atoms with Crippen molar-refractivity contribution in [3.8, 4) is 5.75 Å². The van der Waals surface area contributed by atoms with Crippen LogP contribution in [0.4, 0.5) is 17.6 Å². The molecule has 0 amide bonds. The zero-order chi connectivity index (χ0) is 10.9. The van der Waals surface area contributed by atoms with Crippen molar-refractivity contribution in [3.05, 3.63) is 28.8 Å². The van der Waals surface area contributed by atoms with Crippen molar-refractivity contribution in [2.24, 2.45) is 0 Å². The van der Waals surface area contributed by atoms with Crippen molar-refractivity contribution in [1.82, 2.24) is 0 Å². The fourth-order valence-electron chi connectivity index (χ4n) is 0.912. The zero-order valence-electron chi connectivity index (χ0n) is 6.91. The van der Waals surface area contributed by atoms with Gasteiger partial charge in [-0.15, -0.1) is 0 Å². The minimum Gasteiger partial charge on any atom is -0.491 e. The molecule has 0 saturated heterocycles. The number of aldehydes is 1. The van der Waals surface area contributed by atoms with Gasteiger partial charge in [0.25, 0.3) is 0 Å². The summed E-state index contributed by atoms with van der Waals surface area (Å²) in [5.41, 5.74) is -1.19. The lowest BCUT2D eigenvalue weighted by atomic mass is 10.2. The number of carbonyl (C=O) groups excluding carboxylic acids is 1. The topological polar surface area (TPSA) is 26.3 Å². The highest BCUT2D eigenvalue weighted by Crippen LogP contribution is 2.28.